The van der Waals surface area contributed by atoms with Crippen LogP contribution in [0.2, 0.25) is 0 Å². The molecular formula is C25H37N7O2. The van der Waals surface area contributed by atoms with E-state index < -0.39 is 0 Å². The highest BCUT2D eigenvalue weighted by Gasteiger charge is 2.25. The molecule has 0 bridgehead atoms. The minimum absolute atomic E-state index is 0.0411. The van der Waals surface area contributed by atoms with Gasteiger partial charge in [0.2, 0.25) is 0 Å². The normalized spacial score (nSPS) is 15.5. The van der Waals surface area contributed by atoms with Crippen LogP contribution >= 0.6 is 0 Å². The van der Waals surface area contributed by atoms with E-state index in [1.54, 1.807) is 0 Å². The Balaban J connectivity index is 1.60. The number of aryl methyl sites for hydroxylation is 2. The molecule has 1 N–H and O–H groups in total. The lowest BCUT2D eigenvalue weighted by Gasteiger charge is -2.30. The van der Waals surface area contributed by atoms with Crippen molar-refractivity contribution >= 4 is 10.9 Å². The summed E-state index contributed by atoms with van der Waals surface area (Å²) >= 11 is 0. The van der Waals surface area contributed by atoms with Crippen LogP contribution in [-0.4, -0.2) is 74.4 Å². The van der Waals surface area contributed by atoms with E-state index in [0.717, 1.165) is 68.1 Å². The Kier molecular flexibility index (Phi) is 7.45. The number of pyridine rings is 1. The summed E-state index contributed by atoms with van der Waals surface area (Å²) in [6.07, 6.45) is 0.919. The summed E-state index contributed by atoms with van der Waals surface area (Å²) in [6.45, 7) is 16.8. The number of H-pyrrole nitrogens is 1. The molecule has 1 aliphatic heterocycles. The number of fused-ring (bicyclic) bond motifs is 1. The molecule has 0 unspecified atom stereocenters. The van der Waals surface area contributed by atoms with Gasteiger partial charge in [0.25, 0.3) is 5.56 Å². The second-order valence-corrected chi connectivity index (χ2v) is 9.98. The molecule has 0 saturated carbocycles. The molecule has 34 heavy (non-hydrogen) atoms. The summed E-state index contributed by atoms with van der Waals surface area (Å²) in [7, 11) is 0. The van der Waals surface area contributed by atoms with Gasteiger partial charge in [-0.25, -0.2) is 4.68 Å². The molecule has 1 aromatic carbocycles. The van der Waals surface area contributed by atoms with Crippen LogP contribution in [0.15, 0.2) is 23.0 Å². The Morgan fingerprint density at radius 2 is 1.85 bits per heavy atom. The zero-order valence-corrected chi connectivity index (χ0v) is 21.1. The quantitative estimate of drug-likeness (QED) is 0.517. The summed E-state index contributed by atoms with van der Waals surface area (Å²) < 4.78 is 7.42. The third kappa shape index (κ3) is 5.54. The number of aromatic amines is 1. The van der Waals surface area contributed by atoms with Crippen LogP contribution in [0.3, 0.4) is 0 Å². The highest BCUT2D eigenvalue weighted by molar-refractivity contribution is 5.80. The molecule has 0 radical (unpaired) electrons. The van der Waals surface area contributed by atoms with Gasteiger partial charge in [-0.1, -0.05) is 6.92 Å². The third-order valence-electron chi connectivity index (χ3n) is 7.10. The van der Waals surface area contributed by atoms with Gasteiger partial charge >= 0.3 is 0 Å². The van der Waals surface area contributed by atoms with Gasteiger partial charge in [0, 0.05) is 43.8 Å². The average Bonchev–Trinajstić information content (AvgIpc) is 3.29. The lowest BCUT2D eigenvalue weighted by Crippen LogP contribution is -2.42. The van der Waals surface area contributed by atoms with Gasteiger partial charge in [0.15, 0.2) is 5.82 Å². The van der Waals surface area contributed by atoms with Gasteiger partial charge in [-0.2, -0.15) is 0 Å². The van der Waals surface area contributed by atoms with E-state index in [9.17, 15) is 4.79 Å². The fourth-order valence-electron chi connectivity index (χ4n) is 4.33. The topological polar surface area (TPSA) is 92.2 Å². The smallest absolute Gasteiger partial charge is 0.252 e. The van der Waals surface area contributed by atoms with Crippen LogP contribution in [0, 0.1) is 13.8 Å². The maximum atomic E-state index is 13.0. The number of benzene rings is 1. The first-order valence-electron chi connectivity index (χ1n) is 12.2. The number of hydrogen-bond acceptors (Lipinski definition) is 7. The number of nitrogens with one attached hydrogen (secondary N) is 1. The van der Waals surface area contributed by atoms with Crippen LogP contribution < -0.4 is 5.56 Å². The second-order valence-electron chi connectivity index (χ2n) is 9.98. The molecule has 3 aromatic rings. The fraction of sp³-hybridized carbons (Fsp3) is 0.600. The summed E-state index contributed by atoms with van der Waals surface area (Å²) in [6, 6.07) is 6.22. The van der Waals surface area contributed by atoms with E-state index >= 15 is 0 Å². The second kappa shape index (κ2) is 10.3. The fourth-order valence-corrected chi connectivity index (χ4v) is 4.33. The molecule has 0 atom stereocenters. The van der Waals surface area contributed by atoms with Crippen LogP contribution in [0.25, 0.3) is 10.9 Å². The van der Waals surface area contributed by atoms with Crippen molar-refractivity contribution in [1.82, 2.24) is 35.0 Å². The summed E-state index contributed by atoms with van der Waals surface area (Å²) in [5, 5.41) is 13.6. The number of ether oxygens (including phenoxy) is 1. The van der Waals surface area contributed by atoms with Crippen molar-refractivity contribution < 1.29 is 4.74 Å². The molecule has 1 fully saturated rings. The van der Waals surface area contributed by atoms with E-state index in [4.69, 9.17) is 4.74 Å². The van der Waals surface area contributed by atoms with Crippen LogP contribution in [0.5, 0.6) is 0 Å². The first kappa shape index (κ1) is 24.5. The van der Waals surface area contributed by atoms with E-state index in [0.29, 0.717) is 13.1 Å². The Labute approximate surface area is 201 Å². The summed E-state index contributed by atoms with van der Waals surface area (Å²) in [5.41, 5.74) is 3.81. The zero-order chi connectivity index (χ0) is 24.3. The highest BCUT2D eigenvalue weighted by atomic mass is 16.5. The average molecular weight is 468 g/mol. The molecular weight excluding hydrogens is 430 g/mol. The van der Waals surface area contributed by atoms with Gasteiger partial charge in [-0.05, 0) is 79.3 Å². The predicted octanol–water partition coefficient (Wildman–Crippen LogP) is 2.61. The zero-order valence-electron chi connectivity index (χ0n) is 21.1. The molecule has 3 heterocycles. The number of hydrogen-bond donors (Lipinski definition) is 1. The Hall–Kier alpha value is -2.62. The van der Waals surface area contributed by atoms with Gasteiger partial charge in [-0.3, -0.25) is 14.6 Å². The minimum Gasteiger partial charge on any atom is -0.379 e. The first-order chi connectivity index (χ1) is 16.3. The van der Waals surface area contributed by atoms with Crippen molar-refractivity contribution in [1.29, 1.82) is 0 Å². The molecule has 9 nitrogen and oxygen atoms in total. The van der Waals surface area contributed by atoms with Crippen LogP contribution in [0.4, 0.5) is 0 Å². The van der Waals surface area contributed by atoms with E-state index in [2.05, 4.69) is 71.0 Å². The number of tetrazole rings is 1. The lowest BCUT2D eigenvalue weighted by molar-refractivity contribution is 0.0321. The van der Waals surface area contributed by atoms with Crippen molar-refractivity contribution in [2.24, 2.45) is 0 Å². The molecule has 2 aromatic heterocycles. The molecule has 4 rings (SSSR count). The molecule has 0 spiro atoms. The Morgan fingerprint density at radius 3 is 2.59 bits per heavy atom. The van der Waals surface area contributed by atoms with Crippen molar-refractivity contribution in [3.8, 4) is 0 Å². The Morgan fingerprint density at radius 1 is 1.12 bits per heavy atom. The van der Waals surface area contributed by atoms with Gasteiger partial charge in [0.1, 0.15) is 0 Å². The standard InChI is InChI=1S/C25H37N7O2/c1-6-25(4,5)32-23(27-28-29-32)17-31(8-7-30-9-11-34-12-10-30)16-21-15-20-13-18(2)19(3)14-22(20)26-24(21)33/h13-15H,6-12,16-17H2,1-5H3,(H,26,33). The van der Waals surface area contributed by atoms with E-state index in [1.807, 2.05) is 16.8 Å². The molecule has 1 aliphatic rings. The van der Waals surface area contributed by atoms with Crippen LogP contribution in [0.1, 0.15) is 49.7 Å². The summed E-state index contributed by atoms with van der Waals surface area (Å²) in [4.78, 5) is 20.8. The van der Waals surface area contributed by atoms with Crippen molar-refractivity contribution in [2.45, 2.75) is 59.7 Å². The van der Waals surface area contributed by atoms with E-state index in [-0.39, 0.29) is 11.1 Å². The van der Waals surface area contributed by atoms with Gasteiger partial charge in [0.05, 0.1) is 25.3 Å². The monoisotopic (exact) mass is 467 g/mol. The molecule has 9 heteroatoms. The number of nitrogens with zero attached hydrogens (tertiary/aromatic N) is 6. The first-order valence-corrected chi connectivity index (χ1v) is 12.2. The molecule has 0 amide bonds. The van der Waals surface area contributed by atoms with Gasteiger partial charge in [-0.15, -0.1) is 5.10 Å². The molecule has 184 valence electrons. The van der Waals surface area contributed by atoms with Crippen molar-refractivity contribution in [3.05, 3.63) is 51.1 Å². The number of rotatable bonds is 9. The highest BCUT2D eigenvalue weighted by Crippen LogP contribution is 2.21. The predicted molar refractivity (Wildman–Crippen MR) is 133 cm³/mol. The minimum atomic E-state index is -0.176. The number of aromatic nitrogens is 5. The molecule has 1 saturated heterocycles. The largest absolute Gasteiger partial charge is 0.379 e. The number of morpholine rings is 1. The van der Waals surface area contributed by atoms with Crippen LogP contribution in [-0.2, 0) is 23.4 Å². The van der Waals surface area contributed by atoms with E-state index in [1.165, 1.54) is 11.1 Å². The maximum absolute atomic E-state index is 13.0. The SMILES string of the molecule is CCC(C)(C)n1nnnc1CN(CCN1CCOCC1)Cc1cc2cc(C)c(C)cc2[nH]c1=O. The Bertz CT molecular complexity index is 1180. The van der Waals surface area contributed by atoms with Crippen molar-refractivity contribution in [3.63, 3.8) is 0 Å². The third-order valence-corrected chi connectivity index (χ3v) is 7.10. The molecule has 0 aliphatic carbocycles. The summed E-state index contributed by atoms with van der Waals surface area (Å²) in [5.74, 6) is 0.817. The lowest BCUT2D eigenvalue weighted by atomic mass is 10.0. The maximum Gasteiger partial charge on any atom is 0.252 e. The van der Waals surface area contributed by atoms with Crippen molar-refractivity contribution in [2.75, 3.05) is 39.4 Å². The van der Waals surface area contributed by atoms with Gasteiger partial charge < -0.3 is 9.72 Å².